The predicted octanol–water partition coefficient (Wildman–Crippen LogP) is 1.98. The van der Waals surface area contributed by atoms with Crippen molar-refractivity contribution < 1.29 is 9.18 Å². The Bertz CT molecular complexity index is 496. The highest BCUT2D eigenvalue weighted by atomic mass is 127. The molecule has 0 spiro atoms. The molecule has 124 valence electrons. The average Bonchev–Trinajstić information content (AvgIpc) is 2.43. The van der Waals surface area contributed by atoms with Crippen LogP contribution in [-0.2, 0) is 11.3 Å². The molecule has 0 atom stereocenters. The maximum absolute atomic E-state index is 13.2. The highest BCUT2D eigenvalue weighted by Crippen LogP contribution is 2.06. The fourth-order valence-electron chi connectivity index (χ4n) is 1.85. The highest BCUT2D eigenvalue weighted by Gasteiger charge is 2.08. The van der Waals surface area contributed by atoms with Crippen LogP contribution in [0.3, 0.4) is 0 Å². The minimum Gasteiger partial charge on any atom is -0.357 e. The largest absolute Gasteiger partial charge is 0.357 e. The topological polar surface area (TPSA) is 56.7 Å². The number of hydrogen-bond donors (Lipinski definition) is 2. The first-order chi connectivity index (χ1) is 10.1. The molecule has 0 fully saturated rings. The van der Waals surface area contributed by atoms with Crippen LogP contribution in [0.15, 0.2) is 29.3 Å². The van der Waals surface area contributed by atoms with Crippen LogP contribution in [0.1, 0.15) is 19.4 Å². The van der Waals surface area contributed by atoms with Crippen molar-refractivity contribution in [1.82, 2.24) is 15.5 Å². The summed E-state index contributed by atoms with van der Waals surface area (Å²) in [6, 6.07) is 6.44. The van der Waals surface area contributed by atoms with Gasteiger partial charge in [-0.05, 0) is 31.5 Å². The van der Waals surface area contributed by atoms with Gasteiger partial charge in [0.25, 0.3) is 0 Å². The van der Waals surface area contributed by atoms with Gasteiger partial charge in [0, 0.05) is 26.7 Å². The molecule has 5 nitrogen and oxygen atoms in total. The molecule has 1 rings (SSSR count). The molecule has 0 unspecified atom stereocenters. The number of rotatable bonds is 6. The van der Waals surface area contributed by atoms with Crippen molar-refractivity contribution in [2.75, 3.05) is 26.7 Å². The van der Waals surface area contributed by atoms with Crippen LogP contribution >= 0.6 is 24.0 Å². The third-order valence-corrected chi connectivity index (χ3v) is 2.75. The number of carbonyl (C=O) groups excluding carboxylic acids is 1. The molecule has 0 bridgehead atoms. The Labute approximate surface area is 148 Å². The Balaban J connectivity index is 0.00000441. The average molecular weight is 422 g/mol. The maximum Gasteiger partial charge on any atom is 0.241 e. The van der Waals surface area contributed by atoms with Crippen LogP contribution in [-0.4, -0.2) is 43.4 Å². The van der Waals surface area contributed by atoms with Gasteiger partial charge in [-0.2, -0.15) is 0 Å². The standard InChI is InChI=1S/C15H23FN4O.HI/c1-4-17-14(21)10-19-15(18-5-2)20(3)11-12-7-6-8-13(16)9-12;/h6-9H,4-5,10-11H2,1-3H3,(H,17,21)(H,18,19);1H. The lowest BCUT2D eigenvalue weighted by atomic mass is 10.2. The van der Waals surface area contributed by atoms with E-state index in [1.807, 2.05) is 31.9 Å². The van der Waals surface area contributed by atoms with Crippen LogP contribution < -0.4 is 10.6 Å². The van der Waals surface area contributed by atoms with Gasteiger partial charge in [0.05, 0.1) is 0 Å². The van der Waals surface area contributed by atoms with Gasteiger partial charge in [-0.1, -0.05) is 12.1 Å². The third kappa shape index (κ3) is 7.58. The van der Waals surface area contributed by atoms with Crippen LogP contribution in [0.25, 0.3) is 0 Å². The number of nitrogens with one attached hydrogen (secondary N) is 2. The van der Waals surface area contributed by atoms with E-state index in [-0.39, 0.29) is 42.2 Å². The number of hydrogen-bond acceptors (Lipinski definition) is 2. The zero-order chi connectivity index (χ0) is 15.7. The first-order valence-electron chi connectivity index (χ1n) is 7.07. The fourth-order valence-corrected chi connectivity index (χ4v) is 1.85. The maximum atomic E-state index is 13.2. The first kappa shape index (κ1) is 20.6. The minimum absolute atomic E-state index is 0. The molecule has 0 heterocycles. The number of halogens is 2. The molecule has 1 aromatic rings. The molecule has 0 aliphatic carbocycles. The van der Waals surface area contributed by atoms with Crippen LogP contribution in [0.4, 0.5) is 4.39 Å². The summed E-state index contributed by atoms with van der Waals surface area (Å²) in [5.41, 5.74) is 0.848. The molecule has 0 saturated heterocycles. The van der Waals surface area contributed by atoms with Crippen LogP contribution in [0, 0.1) is 5.82 Å². The van der Waals surface area contributed by atoms with Crippen molar-refractivity contribution in [3.63, 3.8) is 0 Å². The highest BCUT2D eigenvalue weighted by molar-refractivity contribution is 14.0. The van der Waals surface area contributed by atoms with E-state index in [0.29, 0.717) is 25.6 Å². The number of aliphatic imine (C=N–C) groups is 1. The minimum atomic E-state index is -0.259. The van der Waals surface area contributed by atoms with Crippen molar-refractivity contribution in [2.45, 2.75) is 20.4 Å². The van der Waals surface area contributed by atoms with E-state index in [9.17, 15) is 9.18 Å². The van der Waals surface area contributed by atoms with E-state index in [1.165, 1.54) is 12.1 Å². The number of guanidine groups is 1. The Hall–Kier alpha value is -1.38. The lowest BCUT2D eigenvalue weighted by Crippen LogP contribution is -2.39. The van der Waals surface area contributed by atoms with Gasteiger partial charge in [-0.3, -0.25) is 4.79 Å². The third-order valence-electron chi connectivity index (χ3n) is 2.75. The Morgan fingerprint density at radius 1 is 1.27 bits per heavy atom. The SMILES string of the molecule is CCNC(=O)CN=C(NCC)N(C)Cc1cccc(F)c1.I. The lowest BCUT2D eigenvalue weighted by molar-refractivity contribution is -0.119. The quantitative estimate of drug-likeness (QED) is 0.419. The molecular formula is C15H24FIN4O. The summed E-state index contributed by atoms with van der Waals surface area (Å²) >= 11 is 0. The van der Waals surface area contributed by atoms with Gasteiger partial charge in [0.1, 0.15) is 12.4 Å². The summed E-state index contributed by atoms with van der Waals surface area (Å²) in [5, 5.41) is 5.81. The molecule has 1 aromatic carbocycles. The fraction of sp³-hybridized carbons (Fsp3) is 0.467. The summed E-state index contributed by atoms with van der Waals surface area (Å²) in [7, 11) is 1.85. The molecule has 22 heavy (non-hydrogen) atoms. The van der Waals surface area contributed by atoms with E-state index in [0.717, 1.165) is 5.56 Å². The van der Waals surface area contributed by atoms with Gasteiger partial charge in [0.15, 0.2) is 5.96 Å². The van der Waals surface area contributed by atoms with E-state index in [1.54, 1.807) is 6.07 Å². The molecule has 0 aliphatic rings. The Morgan fingerprint density at radius 2 is 1.95 bits per heavy atom. The number of likely N-dealkylation sites (N-methyl/N-ethyl adjacent to an activating group) is 1. The van der Waals surface area contributed by atoms with Gasteiger partial charge >= 0.3 is 0 Å². The van der Waals surface area contributed by atoms with Crippen LogP contribution in [0.5, 0.6) is 0 Å². The zero-order valence-corrected chi connectivity index (χ0v) is 15.6. The second-order valence-corrected chi connectivity index (χ2v) is 4.61. The van der Waals surface area contributed by atoms with E-state index in [4.69, 9.17) is 0 Å². The number of benzene rings is 1. The van der Waals surface area contributed by atoms with Gasteiger partial charge in [-0.15, -0.1) is 24.0 Å². The van der Waals surface area contributed by atoms with Crippen molar-refractivity contribution in [3.05, 3.63) is 35.6 Å². The number of amides is 1. The molecule has 0 aliphatic heterocycles. The van der Waals surface area contributed by atoms with Gasteiger partial charge in [-0.25, -0.2) is 9.38 Å². The van der Waals surface area contributed by atoms with E-state index >= 15 is 0 Å². The summed E-state index contributed by atoms with van der Waals surface area (Å²) in [6.45, 7) is 5.69. The zero-order valence-electron chi connectivity index (χ0n) is 13.2. The molecule has 7 heteroatoms. The molecule has 0 radical (unpaired) electrons. The monoisotopic (exact) mass is 422 g/mol. The Kier molecular flexibility index (Phi) is 10.5. The van der Waals surface area contributed by atoms with Crippen molar-refractivity contribution in [3.8, 4) is 0 Å². The lowest BCUT2D eigenvalue weighted by Gasteiger charge is -2.22. The summed E-state index contributed by atoms with van der Waals surface area (Å²) in [4.78, 5) is 17.6. The van der Waals surface area contributed by atoms with Gasteiger partial charge in [0.2, 0.25) is 5.91 Å². The van der Waals surface area contributed by atoms with E-state index in [2.05, 4.69) is 15.6 Å². The predicted molar refractivity (Wildman–Crippen MR) is 97.9 cm³/mol. The summed E-state index contributed by atoms with van der Waals surface area (Å²) < 4.78 is 13.2. The van der Waals surface area contributed by atoms with Gasteiger partial charge < -0.3 is 15.5 Å². The Morgan fingerprint density at radius 3 is 2.55 bits per heavy atom. The number of nitrogens with zero attached hydrogens (tertiary/aromatic N) is 2. The molecule has 0 aromatic heterocycles. The second kappa shape index (κ2) is 11.2. The number of carbonyl (C=O) groups is 1. The normalized spacial score (nSPS) is 10.6. The summed E-state index contributed by atoms with van der Waals surface area (Å²) in [6.07, 6.45) is 0. The van der Waals surface area contributed by atoms with Crippen LogP contribution in [0.2, 0.25) is 0 Å². The smallest absolute Gasteiger partial charge is 0.241 e. The second-order valence-electron chi connectivity index (χ2n) is 4.61. The first-order valence-corrected chi connectivity index (χ1v) is 7.07. The molecule has 2 N–H and O–H groups in total. The summed E-state index contributed by atoms with van der Waals surface area (Å²) in [5.74, 6) is 0.241. The van der Waals surface area contributed by atoms with Crippen molar-refractivity contribution >= 4 is 35.8 Å². The van der Waals surface area contributed by atoms with Crippen molar-refractivity contribution in [1.29, 1.82) is 0 Å². The van der Waals surface area contributed by atoms with E-state index < -0.39 is 0 Å². The molecule has 0 saturated carbocycles. The molecular weight excluding hydrogens is 398 g/mol. The molecule has 1 amide bonds. The van der Waals surface area contributed by atoms with Crippen molar-refractivity contribution in [2.24, 2.45) is 4.99 Å².